The van der Waals surface area contributed by atoms with Gasteiger partial charge in [-0.15, -0.1) is 0 Å². The summed E-state index contributed by atoms with van der Waals surface area (Å²) in [7, 11) is 0. The molecule has 1 heterocycles. The smallest absolute Gasteiger partial charge is 0.00701 e. The van der Waals surface area contributed by atoms with Crippen molar-refractivity contribution in [2.75, 3.05) is 18.8 Å². The minimum absolute atomic E-state index is 0.796. The van der Waals surface area contributed by atoms with E-state index in [-0.39, 0.29) is 0 Å². The minimum Gasteiger partial charge on any atom is -0.300 e. The summed E-state index contributed by atoms with van der Waals surface area (Å²) in [5, 5.41) is 0. The normalized spacial score (nSPS) is 30.9. The SMILES string of the molecule is CCCC(CS)CN1CC(C)CC1C. The van der Waals surface area contributed by atoms with Crippen LogP contribution in [-0.4, -0.2) is 29.8 Å². The summed E-state index contributed by atoms with van der Waals surface area (Å²) < 4.78 is 0. The summed E-state index contributed by atoms with van der Waals surface area (Å²) in [6.07, 6.45) is 4.01. The number of rotatable bonds is 5. The third-order valence-corrected chi connectivity index (χ3v) is 3.88. The molecule has 1 aliphatic heterocycles. The van der Waals surface area contributed by atoms with E-state index in [1.54, 1.807) is 0 Å². The molecule has 0 amide bonds. The molecule has 0 aliphatic carbocycles. The van der Waals surface area contributed by atoms with Gasteiger partial charge in [-0.25, -0.2) is 0 Å². The lowest BCUT2D eigenvalue weighted by atomic mass is 10.1. The predicted octanol–water partition coefficient (Wildman–Crippen LogP) is 3.06. The van der Waals surface area contributed by atoms with Gasteiger partial charge in [0.1, 0.15) is 0 Å². The average Bonchev–Trinajstić information content (AvgIpc) is 2.44. The lowest BCUT2D eigenvalue weighted by molar-refractivity contribution is 0.225. The summed E-state index contributed by atoms with van der Waals surface area (Å²) >= 11 is 4.45. The van der Waals surface area contributed by atoms with Gasteiger partial charge in [-0.05, 0) is 37.4 Å². The molecule has 0 N–H and O–H groups in total. The van der Waals surface area contributed by atoms with E-state index < -0.39 is 0 Å². The molecule has 0 aromatic carbocycles. The van der Waals surface area contributed by atoms with Crippen LogP contribution in [0.4, 0.5) is 0 Å². The molecule has 1 fully saturated rings. The molecule has 1 aliphatic rings. The van der Waals surface area contributed by atoms with Crippen LogP contribution >= 0.6 is 12.6 Å². The van der Waals surface area contributed by atoms with Gasteiger partial charge in [0.15, 0.2) is 0 Å². The second-order valence-corrected chi connectivity index (χ2v) is 5.35. The highest BCUT2D eigenvalue weighted by Gasteiger charge is 2.27. The first kappa shape index (κ1) is 12.4. The van der Waals surface area contributed by atoms with E-state index in [0.29, 0.717) is 0 Å². The molecule has 3 unspecified atom stereocenters. The van der Waals surface area contributed by atoms with Crippen LogP contribution in [0.1, 0.15) is 40.0 Å². The Balaban J connectivity index is 2.34. The van der Waals surface area contributed by atoms with Crippen molar-refractivity contribution in [2.45, 2.75) is 46.1 Å². The summed E-state index contributed by atoms with van der Waals surface area (Å²) in [5.41, 5.74) is 0. The van der Waals surface area contributed by atoms with Gasteiger partial charge < -0.3 is 4.90 Å². The summed E-state index contributed by atoms with van der Waals surface area (Å²) in [6.45, 7) is 9.57. The van der Waals surface area contributed by atoms with Crippen LogP contribution in [0.2, 0.25) is 0 Å². The van der Waals surface area contributed by atoms with E-state index in [4.69, 9.17) is 0 Å². The lowest BCUT2D eigenvalue weighted by Gasteiger charge is -2.26. The molecule has 1 nitrogen and oxygen atoms in total. The van der Waals surface area contributed by atoms with E-state index in [2.05, 4.69) is 38.3 Å². The van der Waals surface area contributed by atoms with Crippen LogP contribution in [-0.2, 0) is 0 Å². The van der Waals surface area contributed by atoms with Gasteiger partial charge >= 0.3 is 0 Å². The van der Waals surface area contributed by atoms with Gasteiger partial charge in [0.25, 0.3) is 0 Å². The monoisotopic (exact) mass is 215 g/mol. The predicted molar refractivity (Wildman–Crippen MR) is 67.1 cm³/mol. The Hall–Kier alpha value is 0.310. The van der Waals surface area contributed by atoms with Crippen LogP contribution in [0, 0.1) is 11.8 Å². The van der Waals surface area contributed by atoms with Crippen LogP contribution < -0.4 is 0 Å². The van der Waals surface area contributed by atoms with E-state index in [9.17, 15) is 0 Å². The number of hydrogen-bond donors (Lipinski definition) is 1. The molecule has 1 rings (SSSR count). The lowest BCUT2D eigenvalue weighted by Crippen LogP contribution is -2.33. The maximum Gasteiger partial charge on any atom is 0.00701 e. The molecule has 0 aromatic rings. The molecule has 1 saturated heterocycles. The van der Waals surface area contributed by atoms with Crippen LogP contribution in [0.3, 0.4) is 0 Å². The molecule has 0 saturated carbocycles. The van der Waals surface area contributed by atoms with Gasteiger partial charge in [-0.2, -0.15) is 12.6 Å². The molecule has 3 atom stereocenters. The molecule has 0 radical (unpaired) electrons. The molecule has 0 spiro atoms. The van der Waals surface area contributed by atoms with Gasteiger partial charge in [0, 0.05) is 19.1 Å². The van der Waals surface area contributed by atoms with E-state index in [1.807, 2.05) is 0 Å². The van der Waals surface area contributed by atoms with Crippen molar-refractivity contribution in [3.8, 4) is 0 Å². The number of hydrogen-bond acceptors (Lipinski definition) is 2. The fraction of sp³-hybridized carbons (Fsp3) is 1.00. The van der Waals surface area contributed by atoms with Crippen molar-refractivity contribution in [3.63, 3.8) is 0 Å². The summed E-state index contributed by atoms with van der Waals surface area (Å²) in [5.74, 6) is 2.74. The van der Waals surface area contributed by atoms with E-state index >= 15 is 0 Å². The zero-order valence-corrected chi connectivity index (χ0v) is 10.8. The average molecular weight is 215 g/mol. The molecule has 2 heteroatoms. The van der Waals surface area contributed by atoms with Gasteiger partial charge in [0.2, 0.25) is 0 Å². The zero-order valence-electron chi connectivity index (χ0n) is 9.87. The zero-order chi connectivity index (χ0) is 10.6. The van der Waals surface area contributed by atoms with Crippen molar-refractivity contribution in [1.29, 1.82) is 0 Å². The Kier molecular flexibility index (Phi) is 5.32. The molecule has 0 aromatic heterocycles. The summed E-state index contributed by atoms with van der Waals surface area (Å²) in [6, 6.07) is 0.796. The molecule has 84 valence electrons. The Labute approximate surface area is 94.7 Å². The molecular weight excluding hydrogens is 190 g/mol. The summed E-state index contributed by atoms with van der Waals surface area (Å²) in [4.78, 5) is 2.65. The second-order valence-electron chi connectivity index (χ2n) is 4.98. The van der Waals surface area contributed by atoms with Gasteiger partial charge in [0.05, 0.1) is 0 Å². The Bertz CT molecular complexity index is 160. The molecule has 0 bridgehead atoms. The van der Waals surface area contributed by atoms with Crippen molar-refractivity contribution in [3.05, 3.63) is 0 Å². The van der Waals surface area contributed by atoms with Crippen LogP contribution in [0.25, 0.3) is 0 Å². The van der Waals surface area contributed by atoms with Crippen molar-refractivity contribution < 1.29 is 0 Å². The Morgan fingerprint density at radius 1 is 1.43 bits per heavy atom. The third kappa shape index (κ3) is 3.47. The highest BCUT2D eigenvalue weighted by Crippen LogP contribution is 2.24. The molecular formula is C12H25NS. The van der Waals surface area contributed by atoms with Crippen molar-refractivity contribution in [2.24, 2.45) is 11.8 Å². The maximum atomic E-state index is 4.45. The minimum atomic E-state index is 0.796. The number of nitrogens with zero attached hydrogens (tertiary/aromatic N) is 1. The Morgan fingerprint density at radius 2 is 2.14 bits per heavy atom. The molecule has 14 heavy (non-hydrogen) atoms. The van der Waals surface area contributed by atoms with E-state index in [1.165, 1.54) is 32.4 Å². The van der Waals surface area contributed by atoms with Crippen molar-refractivity contribution >= 4 is 12.6 Å². The van der Waals surface area contributed by atoms with Crippen molar-refractivity contribution in [1.82, 2.24) is 4.90 Å². The van der Waals surface area contributed by atoms with E-state index in [0.717, 1.165) is 23.6 Å². The van der Waals surface area contributed by atoms with Crippen LogP contribution in [0.5, 0.6) is 0 Å². The number of thiol groups is 1. The largest absolute Gasteiger partial charge is 0.300 e. The second kappa shape index (κ2) is 6.02. The Morgan fingerprint density at radius 3 is 2.57 bits per heavy atom. The number of likely N-dealkylation sites (tertiary alicyclic amines) is 1. The van der Waals surface area contributed by atoms with Gasteiger partial charge in [-0.1, -0.05) is 20.3 Å². The first-order valence-corrected chi connectivity index (χ1v) is 6.65. The van der Waals surface area contributed by atoms with Crippen LogP contribution in [0.15, 0.2) is 0 Å². The quantitative estimate of drug-likeness (QED) is 0.690. The maximum absolute atomic E-state index is 4.45. The first-order valence-electron chi connectivity index (χ1n) is 6.02. The fourth-order valence-corrected chi connectivity index (χ4v) is 2.92. The standard InChI is InChI=1S/C12H25NS/c1-4-5-12(9-14)8-13-7-10(2)6-11(13)3/h10-12,14H,4-9H2,1-3H3. The fourth-order valence-electron chi connectivity index (χ4n) is 2.62. The third-order valence-electron chi connectivity index (χ3n) is 3.36. The first-order chi connectivity index (χ1) is 6.67. The highest BCUT2D eigenvalue weighted by atomic mass is 32.1. The topological polar surface area (TPSA) is 3.24 Å². The van der Waals surface area contributed by atoms with Gasteiger partial charge in [-0.3, -0.25) is 0 Å². The highest BCUT2D eigenvalue weighted by molar-refractivity contribution is 7.80.